The second kappa shape index (κ2) is 11.3. The molecule has 0 aliphatic heterocycles. The third kappa shape index (κ3) is 8.69. The maximum atomic E-state index is 5.84. The first-order chi connectivity index (χ1) is 9.49. The van der Waals surface area contributed by atoms with E-state index < -0.39 is 8.80 Å². The summed E-state index contributed by atoms with van der Waals surface area (Å²) < 4.78 is 17.5. The van der Waals surface area contributed by atoms with Gasteiger partial charge in [-0.05, 0) is 54.4 Å². The molecule has 0 aromatic heterocycles. The topological polar surface area (TPSA) is 27.7 Å². The van der Waals surface area contributed by atoms with Crippen LogP contribution in [0.3, 0.4) is 0 Å². The molecule has 118 valence electrons. The van der Waals surface area contributed by atoms with Crippen LogP contribution < -0.4 is 0 Å². The molecule has 0 amide bonds. The van der Waals surface area contributed by atoms with Gasteiger partial charge in [0.05, 0.1) is 0 Å². The smallest absolute Gasteiger partial charge is 0.374 e. The van der Waals surface area contributed by atoms with Crippen molar-refractivity contribution in [2.75, 3.05) is 19.8 Å². The molecular formula is C16H32O3Si. The van der Waals surface area contributed by atoms with E-state index in [9.17, 15) is 0 Å². The van der Waals surface area contributed by atoms with Crippen LogP contribution in [0.15, 0.2) is 23.3 Å². The van der Waals surface area contributed by atoms with E-state index in [1.807, 2.05) is 20.8 Å². The molecule has 0 aliphatic rings. The molecule has 0 aliphatic carbocycles. The quantitative estimate of drug-likeness (QED) is 0.408. The van der Waals surface area contributed by atoms with Crippen molar-refractivity contribution in [2.45, 2.75) is 60.4 Å². The van der Waals surface area contributed by atoms with Crippen molar-refractivity contribution in [1.82, 2.24) is 0 Å². The molecule has 0 fully saturated rings. The van der Waals surface area contributed by atoms with E-state index in [4.69, 9.17) is 13.3 Å². The molecule has 0 spiro atoms. The highest BCUT2D eigenvalue weighted by molar-refractivity contribution is 6.61. The summed E-state index contributed by atoms with van der Waals surface area (Å²) in [4.78, 5) is 0. The van der Waals surface area contributed by atoms with Crippen molar-refractivity contribution in [3.8, 4) is 0 Å². The zero-order valence-corrected chi connectivity index (χ0v) is 15.1. The minimum atomic E-state index is -2.51. The van der Waals surface area contributed by atoms with E-state index in [-0.39, 0.29) is 0 Å². The third-order valence-corrected chi connectivity index (χ3v) is 5.77. The standard InChI is InChI=1S/C16H32O3Si/c1-7-17-20(18-8-2,19-9-3)14-13-16(6)12-10-11-15(4)5/h11,13H,7-10,12,14H2,1-6H3/b16-13+. The highest BCUT2D eigenvalue weighted by atomic mass is 28.4. The lowest BCUT2D eigenvalue weighted by Gasteiger charge is -2.27. The van der Waals surface area contributed by atoms with Crippen LogP contribution in [0.4, 0.5) is 0 Å². The lowest BCUT2D eigenvalue weighted by molar-refractivity contribution is 0.0742. The molecule has 0 unspecified atom stereocenters. The second-order valence-corrected chi connectivity index (χ2v) is 7.70. The third-order valence-electron chi connectivity index (χ3n) is 2.88. The van der Waals surface area contributed by atoms with Crippen molar-refractivity contribution in [3.63, 3.8) is 0 Å². The Morgan fingerprint density at radius 3 is 1.75 bits per heavy atom. The summed E-state index contributed by atoms with van der Waals surface area (Å²) in [5.74, 6) is 0. The lowest BCUT2D eigenvalue weighted by atomic mass is 10.1. The first-order valence-corrected chi connectivity index (χ1v) is 9.63. The average Bonchev–Trinajstić information content (AvgIpc) is 2.37. The van der Waals surface area contributed by atoms with Gasteiger partial charge in [-0.25, -0.2) is 0 Å². The van der Waals surface area contributed by atoms with Gasteiger partial charge in [0.15, 0.2) is 0 Å². The molecule has 3 nitrogen and oxygen atoms in total. The Kier molecular flexibility index (Phi) is 11.0. The Bertz CT molecular complexity index is 290. The van der Waals surface area contributed by atoms with Gasteiger partial charge in [0.2, 0.25) is 0 Å². The van der Waals surface area contributed by atoms with Crippen molar-refractivity contribution >= 4 is 8.80 Å². The Hall–Kier alpha value is -0.423. The molecule has 0 aromatic carbocycles. The van der Waals surface area contributed by atoms with Crippen LogP contribution in [0.1, 0.15) is 54.4 Å². The fourth-order valence-corrected chi connectivity index (χ4v) is 4.47. The Morgan fingerprint density at radius 2 is 1.35 bits per heavy atom. The molecule has 0 N–H and O–H groups in total. The maximum Gasteiger partial charge on any atom is 0.504 e. The van der Waals surface area contributed by atoms with E-state index >= 15 is 0 Å². The summed E-state index contributed by atoms with van der Waals surface area (Å²) in [6, 6.07) is 0.767. The van der Waals surface area contributed by atoms with Gasteiger partial charge >= 0.3 is 8.80 Å². The van der Waals surface area contributed by atoms with Gasteiger partial charge in [0, 0.05) is 25.9 Å². The molecule has 0 aromatic rings. The van der Waals surface area contributed by atoms with E-state index in [0.29, 0.717) is 19.8 Å². The zero-order valence-electron chi connectivity index (χ0n) is 14.1. The molecule has 0 bridgehead atoms. The summed E-state index contributed by atoms with van der Waals surface area (Å²) in [5, 5.41) is 0. The summed E-state index contributed by atoms with van der Waals surface area (Å²) in [5.41, 5.74) is 2.75. The first-order valence-electron chi connectivity index (χ1n) is 7.70. The summed E-state index contributed by atoms with van der Waals surface area (Å²) in [6.45, 7) is 14.3. The number of rotatable bonds is 11. The fourth-order valence-electron chi connectivity index (χ4n) is 1.95. The van der Waals surface area contributed by atoms with Crippen LogP contribution in [-0.2, 0) is 13.3 Å². The molecule has 0 heterocycles. The van der Waals surface area contributed by atoms with Crippen LogP contribution in [0.2, 0.25) is 6.04 Å². The molecular weight excluding hydrogens is 268 g/mol. The summed E-state index contributed by atoms with van der Waals surface area (Å²) >= 11 is 0. The molecule has 0 saturated carbocycles. The van der Waals surface area contributed by atoms with E-state index in [0.717, 1.165) is 18.9 Å². The van der Waals surface area contributed by atoms with Gasteiger partial charge in [-0.15, -0.1) is 0 Å². The minimum absolute atomic E-state index is 0.636. The number of hydrogen-bond donors (Lipinski definition) is 0. The van der Waals surface area contributed by atoms with Crippen molar-refractivity contribution in [3.05, 3.63) is 23.3 Å². The molecule has 0 radical (unpaired) electrons. The van der Waals surface area contributed by atoms with Crippen LogP contribution in [0.5, 0.6) is 0 Å². The Balaban J connectivity index is 4.58. The first kappa shape index (κ1) is 19.6. The van der Waals surface area contributed by atoms with Crippen LogP contribution >= 0.6 is 0 Å². The molecule has 20 heavy (non-hydrogen) atoms. The minimum Gasteiger partial charge on any atom is -0.374 e. The Morgan fingerprint density at radius 1 is 0.850 bits per heavy atom. The normalized spacial score (nSPS) is 12.6. The summed E-state index contributed by atoms with van der Waals surface area (Å²) in [7, 11) is -2.51. The van der Waals surface area contributed by atoms with E-state index in [1.165, 1.54) is 11.1 Å². The average molecular weight is 301 g/mol. The van der Waals surface area contributed by atoms with Gasteiger partial charge in [-0.3, -0.25) is 0 Å². The molecule has 0 saturated heterocycles. The highest BCUT2D eigenvalue weighted by Gasteiger charge is 2.39. The molecule has 0 rings (SSSR count). The van der Waals surface area contributed by atoms with E-state index in [2.05, 4.69) is 32.9 Å². The molecule has 0 atom stereocenters. The van der Waals surface area contributed by atoms with Crippen molar-refractivity contribution < 1.29 is 13.3 Å². The zero-order chi connectivity index (χ0) is 15.4. The van der Waals surface area contributed by atoms with Gasteiger partial charge in [0.1, 0.15) is 0 Å². The number of allylic oxidation sites excluding steroid dienone is 4. The maximum absolute atomic E-state index is 5.84. The largest absolute Gasteiger partial charge is 0.504 e. The van der Waals surface area contributed by atoms with Gasteiger partial charge < -0.3 is 13.3 Å². The van der Waals surface area contributed by atoms with Crippen molar-refractivity contribution in [1.29, 1.82) is 0 Å². The number of hydrogen-bond acceptors (Lipinski definition) is 3. The van der Waals surface area contributed by atoms with E-state index in [1.54, 1.807) is 0 Å². The highest BCUT2D eigenvalue weighted by Crippen LogP contribution is 2.19. The van der Waals surface area contributed by atoms with Gasteiger partial charge in [-0.2, -0.15) is 0 Å². The van der Waals surface area contributed by atoms with Gasteiger partial charge in [0.25, 0.3) is 0 Å². The second-order valence-electron chi connectivity index (χ2n) is 5.06. The van der Waals surface area contributed by atoms with Crippen LogP contribution in [0.25, 0.3) is 0 Å². The fraction of sp³-hybridized carbons (Fsp3) is 0.750. The predicted octanol–water partition coefficient (Wildman–Crippen LogP) is 4.73. The van der Waals surface area contributed by atoms with Crippen LogP contribution in [0, 0.1) is 0 Å². The monoisotopic (exact) mass is 300 g/mol. The summed E-state index contributed by atoms with van der Waals surface area (Å²) in [6.07, 6.45) is 6.68. The molecule has 4 heteroatoms. The van der Waals surface area contributed by atoms with Gasteiger partial charge in [-0.1, -0.05) is 23.3 Å². The van der Waals surface area contributed by atoms with Crippen LogP contribution in [-0.4, -0.2) is 28.6 Å². The SMILES string of the molecule is CCO[Si](C/C=C(\C)CCC=C(C)C)(OCC)OCC. The van der Waals surface area contributed by atoms with Crippen molar-refractivity contribution in [2.24, 2.45) is 0 Å². The predicted molar refractivity (Wildman–Crippen MR) is 87.9 cm³/mol. The Labute approximate surface area is 126 Å². The lowest BCUT2D eigenvalue weighted by Crippen LogP contribution is -2.45.